The van der Waals surface area contributed by atoms with Crippen molar-refractivity contribution in [1.29, 1.82) is 0 Å². The van der Waals surface area contributed by atoms with Crippen LogP contribution in [0.5, 0.6) is 5.75 Å². The van der Waals surface area contributed by atoms with Gasteiger partial charge in [-0.2, -0.15) is 0 Å². The molecule has 0 spiro atoms. The summed E-state index contributed by atoms with van der Waals surface area (Å²) in [6.45, 7) is 1.91. The van der Waals surface area contributed by atoms with Crippen LogP contribution in [-0.4, -0.2) is 12.0 Å². The number of hydrogen-bond donors (Lipinski definition) is 1. The highest BCUT2D eigenvalue weighted by molar-refractivity contribution is 7.99. The molecular weight excluding hydrogens is 378 g/mol. The van der Waals surface area contributed by atoms with Crippen LogP contribution >= 0.6 is 23.4 Å². The largest absolute Gasteiger partial charge is 0.479 e. The first-order valence-electron chi connectivity index (χ1n) is 8.71. The lowest BCUT2D eigenvalue weighted by molar-refractivity contribution is -0.122. The van der Waals surface area contributed by atoms with Crippen molar-refractivity contribution in [1.82, 2.24) is 0 Å². The average molecular weight is 398 g/mol. The highest BCUT2D eigenvalue weighted by Gasteiger charge is 2.20. The molecule has 3 nitrogen and oxygen atoms in total. The SMILES string of the molecule is CC[C@@H](Oc1ccccc1Cl)C(=O)Nc1ccccc1Sc1ccccc1. The zero-order valence-corrected chi connectivity index (χ0v) is 16.5. The Bertz CT molecular complexity index is 902. The summed E-state index contributed by atoms with van der Waals surface area (Å²) in [7, 11) is 0. The Morgan fingerprint density at radius 1 is 1.00 bits per heavy atom. The van der Waals surface area contributed by atoms with Crippen LogP contribution in [0.2, 0.25) is 5.02 Å². The molecule has 0 heterocycles. The second kappa shape index (κ2) is 9.49. The standard InChI is InChI=1S/C22H20ClNO2S/c1-2-19(26-20-14-8-6-12-17(20)23)22(25)24-18-13-7-9-15-21(18)27-16-10-4-3-5-11-16/h3-15,19H,2H2,1H3,(H,24,25)/t19-/m1/s1. The van der Waals surface area contributed by atoms with Gasteiger partial charge in [-0.05, 0) is 42.8 Å². The summed E-state index contributed by atoms with van der Waals surface area (Å²) in [6.07, 6.45) is -0.0925. The zero-order chi connectivity index (χ0) is 19.1. The minimum Gasteiger partial charge on any atom is -0.479 e. The van der Waals surface area contributed by atoms with Gasteiger partial charge in [0.15, 0.2) is 6.10 Å². The third-order valence-electron chi connectivity index (χ3n) is 3.89. The molecule has 0 radical (unpaired) electrons. The summed E-state index contributed by atoms with van der Waals surface area (Å²) < 4.78 is 5.84. The fourth-order valence-electron chi connectivity index (χ4n) is 2.50. The van der Waals surface area contributed by atoms with E-state index in [1.165, 1.54) is 0 Å². The van der Waals surface area contributed by atoms with Crippen molar-refractivity contribution >= 4 is 35.0 Å². The normalized spacial score (nSPS) is 11.6. The number of rotatable bonds is 7. The number of amides is 1. The van der Waals surface area contributed by atoms with Gasteiger partial charge in [-0.15, -0.1) is 0 Å². The second-order valence-electron chi connectivity index (χ2n) is 5.85. The van der Waals surface area contributed by atoms with E-state index < -0.39 is 6.10 Å². The number of anilines is 1. The highest BCUT2D eigenvalue weighted by Crippen LogP contribution is 2.33. The Morgan fingerprint density at radius 3 is 2.41 bits per heavy atom. The molecule has 5 heteroatoms. The van der Waals surface area contributed by atoms with Crippen LogP contribution in [0.1, 0.15) is 13.3 Å². The lowest BCUT2D eigenvalue weighted by Gasteiger charge is -2.19. The maximum atomic E-state index is 12.8. The molecule has 0 aliphatic heterocycles. The van der Waals surface area contributed by atoms with Crippen molar-refractivity contribution in [2.45, 2.75) is 29.2 Å². The summed E-state index contributed by atoms with van der Waals surface area (Å²) in [4.78, 5) is 14.9. The summed E-state index contributed by atoms with van der Waals surface area (Å²) in [5.74, 6) is 0.312. The maximum absolute atomic E-state index is 12.8. The van der Waals surface area contributed by atoms with Crippen LogP contribution in [0, 0.1) is 0 Å². The van der Waals surface area contributed by atoms with Crippen molar-refractivity contribution in [3.63, 3.8) is 0 Å². The molecule has 1 N–H and O–H groups in total. The van der Waals surface area contributed by atoms with Gasteiger partial charge in [-0.1, -0.05) is 72.8 Å². The third kappa shape index (κ3) is 5.28. The van der Waals surface area contributed by atoms with Gasteiger partial charge in [0.2, 0.25) is 0 Å². The lowest BCUT2D eigenvalue weighted by atomic mass is 10.2. The smallest absolute Gasteiger partial charge is 0.265 e. The summed E-state index contributed by atoms with van der Waals surface area (Å²) >= 11 is 7.75. The third-order valence-corrected chi connectivity index (χ3v) is 5.28. The maximum Gasteiger partial charge on any atom is 0.265 e. The van der Waals surface area contributed by atoms with E-state index in [1.807, 2.05) is 73.7 Å². The van der Waals surface area contributed by atoms with Crippen LogP contribution in [0.25, 0.3) is 0 Å². The van der Waals surface area contributed by atoms with Gasteiger partial charge in [0, 0.05) is 9.79 Å². The number of carbonyl (C=O) groups is 1. The Hall–Kier alpha value is -2.43. The van der Waals surface area contributed by atoms with Crippen molar-refractivity contribution in [2.75, 3.05) is 5.32 Å². The fourth-order valence-corrected chi connectivity index (χ4v) is 3.61. The minimum atomic E-state index is -0.625. The van der Waals surface area contributed by atoms with Gasteiger partial charge in [0.25, 0.3) is 5.91 Å². The number of ether oxygens (including phenoxy) is 1. The predicted molar refractivity (Wildman–Crippen MR) is 112 cm³/mol. The molecule has 0 saturated heterocycles. The van der Waals surface area contributed by atoms with Gasteiger partial charge < -0.3 is 10.1 Å². The number of halogens is 1. The van der Waals surface area contributed by atoms with Gasteiger partial charge in [-0.25, -0.2) is 0 Å². The number of hydrogen-bond acceptors (Lipinski definition) is 3. The molecule has 1 atom stereocenters. The van der Waals surface area contributed by atoms with Crippen molar-refractivity contribution in [2.24, 2.45) is 0 Å². The van der Waals surface area contributed by atoms with Crippen LogP contribution in [0.3, 0.4) is 0 Å². The van der Waals surface area contributed by atoms with E-state index >= 15 is 0 Å². The Balaban J connectivity index is 1.74. The van der Waals surface area contributed by atoms with Gasteiger partial charge in [-0.3, -0.25) is 4.79 Å². The number of carbonyl (C=O) groups excluding carboxylic acids is 1. The quantitative estimate of drug-likeness (QED) is 0.509. The number of nitrogens with one attached hydrogen (secondary N) is 1. The second-order valence-corrected chi connectivity index (χ2v) is 7.37. The summed E-state index contributed by atoms with van der Waals surface area (Å²) in [6, 6.07) is 25.0. The molecule has 0 fully saturated rings. The molecule has 27 heavy (non-hydrogen) atoms. The first-order valence-corrected chi connectivity index (χ1v) is 9.91. The number of benzene rings is 3. The lowest BCUT2D eigenvalue weighted by Crippen LogP contribution is -2.32. The van der Waals surface area contributed by atoms with E-state index in [-0.39, 0.29) is 5.91 Å². The predicted octanol–water partition coefficient (Wildman–Crippen LogP) is 6.29. The Labute approximate surface area is 168 Å². The van der Waals surface area contributed by atoms with Crippen molar-refractivity contribution in [3.8, 4) is 5.75 Å². The monoisotopic (exact) mass is 397 g/mol. The molecule has 0 bridgehead atoms. The van der Waals surface area contributed by atoms with Crippen LogP contribution < -0.4 is 10.1 Å². The van der Waals surface area contributed by atoms with Crippen molar-refractivity contribution < 1.29 is 9.53 Å². The number of para-hydroxylation sites is 2. The van der Waals surface area contributed by atoms with E-state index in [9.17, 15) is 4.79 Å². The van der Waals surface area contributed by atoms with Crippen molar-refractivity contribution in [3.05, 3.63) is 83.9 Å². The van der Waals surface area contributed by atoms with Crippen LogP contribution in [0.15, 0.2) is 88.7 Å². The topological polar surface area (TPSA) is 38.3 Å². The average Bonchev–Trinajstić information content (AvgIpc) is 2.69. The molecule has 0 unspecified atom stereocenters. The molecule has 0 aliphatic rings. The molecule has 0 saturated carbocycles. The van der Waals surface area contributed by atoms with E-state index in [0.29, 0.717) is 17.2 Å². The summed E-state index contributed by atoms with van der Waals surface area (Å²) in [5, 5.41) is 3.48. The molecule has 0 aliphatic carbocycles. The first kappa shape index (κ1) is 19.3. The Morgan fingerprint density at radius 2 is 1.67 bits per heavy atom. The minimum absolute atomic E-state index is 0.196. The van der Waals surface area contributed by atoms with Gasteiger partial charge in [0.05, 0.1) is 10.7 Å². The van der Waals surface area contributed by atoms with Gasteiger partial charge >= 0.3 is 0 Å². The zero-order valence-electron chi connectivity index (χ0n) is 14.9. The van der Waals surface area contributed by atoms with Crippen LogP contribution in [-0.2, 0) is 4.79 Å². The molecule has 138 valence electrons. The highest BCUT2D eigenvalue weighted by atomic mass is 35.5. The van der Waals surface area contributed by atoms with Crippen LogP contribution in [0.4, 0.5) is 5.69 Å². The van der Waals surface area contributed by atoms with E-state index in [2.05, 4.69) is 5.32 Å². The first-order chi connectivity index (χ1) is 13.2. The fraction of sp³-hybridized carbons (Fsp3) is 0.136. The van der Waals surface area contributed by atoms with E-state index in [1.54, 1.807) is 23.9 Å². The van der Waals surface area contributed by atoms with Gasteiger partial charge in [0.1, 0.15) is 5.75 Å². The molecular formula is C22H20ClNO2S. The summed E-state index contributed by atoms with van der Waals surface area (Å²) in [5.41, 5.74) is 0.762. The van der Waals surface area contributed by atoms with E-state index in [4.69, 9.17) is 16.3 Å². The molecule has 1 amide bonds. The molecule has 3 rings (SSSR count). The molecule has 0 aromatic heterocycles. The Kier molecular flexibility index (Phi) is 6.80. The molecule has 3 aromatic rings. The molecule has 3 aromatic carbocycles. The van der Waals surface area contributed by atoms with E-state index in [0.717, 1.165) is 15.5 Å².